The van der Waals surface area contributed by atoms with Crippen LogP contribution in [0.5, 0.6) is 0 Å². The van der Waals surface area contributed by atoms with Crippen molar-refractivity contribution >= 4 is 11.5 Å². The van der Waals surface area contributed by atoms with Crippen LogP contribution in [0.25, 0.3) is 0 Å². The van der Waals surface area contributed by atoms with Crippen molar-refractivity contribution in [2.75, 3.05) is 11.9 Å². The Morgan fingerprint density at radius 2 is 1.85 bits per heavy atom. The Hall–Kier alpha value is -2.08. The van der Waals surface area contributed by atoms with E-state index in [1.807, 2.05) is 24.3 Å². The normalized spacial score (nSPS) is 11.4. The quantitative estimate of drug-likeness (QED) is 0.938. The monoisotopic (exact) mass is 281 g/mol. The predicted octanol–water partition coefficient (Wildman–Crippen LogP) is 3.33. The number of aromatic nitrogens is 1. The van der Waals surface area contributed by atoms with Gasteiger partial charge in [0.05, 0.1) is 5.56 Å². The highest BCUT2D eigenvalue weighted by Crippen LogP contribution is 2.31. The van der Waals surface area contributed by atoms with Crippen LogP contribution in [-0.4, -0.2) is 12.0 Å². The fraction of sp³-hybridized carbons (Fsp3) is 0.214. The van der Waals surface area contributed by atoms with Gasteiger partial charge in [-0.3, -0.25) is 0 Å². The van der Waals surface area contributed by atoms with Crippen molar-refractivity contribution in [3.05, 3.63) is 53.7 Å². The van der Waals surface area contributed by atoms with Crippen molar-refractivity contribution < 1.29 is 13.2 Å². The molecule has 2 aromatic rings. The number of nitrogens with two attached hydrogens (primary N) is 1. The minimum atomic E-state index is -4.38. The van der Waals surface area contributed by atoms with E-state index in [-0.39, 0.29) is 0 Å². The molecule has 0 spiro atoms. The molecule has 1 aromatic heterocycles. The Labute approximate surface area is 114 Å². The van der Waals surface area contributed by atoms with E-state index in [4.69, 9.17) is 5.73 Å². The number of hydrogen-bond acceptors (Lipinski definition) is 3. The van der Waals surface area contributed by atoms with Gasteiger partial charge in [0.15, 0.2) is 0 Å². The van der Waals surface area contributed by atoms with Gasteiger partial charge in [-0.25, -0.2) is 4.98 Å². The number of hydrogen-bond donors (Lipinski definition) is 1. The third-order valence-electron chi connectivity index (χ3n) is 2.99. The van der Waals surface area contributed by atoms with Crippen LogP contribution in [0.1, 0.15) is 11.1 Å². The van der Waals surface area contributed by atoms with Crippen molar-refractivity contribution in [3.63, 3.8) is 0 Å². The first-order valence-corrected chi connectivity index (χ1v) is 5.98. The number of pyridine rings is 1. The van der Waals surface area contributed by atoms with E-state index in [1.165, 1.54) is 6.07 Å². The van der Waals surface area contributed by atoms with Crippen molar-refractivity contribution in [2.24, 2.45) is 5.73 Å². The van der Waals surface area contributed by atoms with Gasteiger partial charge in [0.25, 0.3) is 0 Å². The number of benzene rings is 1. The van der Waals surface area contributed by atoms with Gasteiger partial charge < -0.3 is 10.6 Å². The summed E-state index contributed by atoms with van der Waals surface area (Å²) in [6, 6.07) is 9.78. The van der Waals surface area contributed by atoms with Gasteiger partial charge >= 0.3 is 6.18 Å². The summed E-state index contributed by atoms with van der Waals surface area (Å²) in [6.45, 7) is 0.348. The fourth-order valence-corrected chi connectivity index (χ4v) is 1.89. The molecule has 1 heterocycles. The molecule has 106 valence electrons. The van der Waals surface area contributed by atoms with Gasteiger partial charge in [0.1, 0.15) is 5.82 Å². The molecule has 1 aromatic carbocycles. The number of para-hydroxylation sites is 1. The molecule has 0 atom stereocenters. The van der Waals surface area contributed by atoms with Gasteiger partial charge in [-0.2, -0.15) is 13.2 Å². The molecule has 0 aliphatic rings. The van der Waals surface area contributed by atoms with Crippen LogP contribution in [0.4, 0.5) is 24.7 Å². The lowest BCUT2D eigenvalue weighted by atomic mass is 10.1. The largest absolute Gasteiger partial charge is 0.417 e. The van der Waals surface area contributed by atoms with E-state index >= 15 is 0 Å². The van der Waals surface area contributed by atoms with E-state index in [9.17, 15) is 13.2 Å². The minimum Gasteiger partial charge on any atom is -0.329 e. The lowest BCUT2D eigenvalue weighted by molar-refractivity contribution is -0.137. The second kappa shape index (κ2) is 5.50. The molecule has 0 radical (unpaired) electrons. The van der Waals surface area contributed by atoms with Crippen molar-refractivity contribution in [3.8, 4) is 0 Å². The molecule has 20 heavy (non-hydrogen) atoms. The van der Waals surface area contributed by atoms with E-state index in [1.54, 1.807) is 11.9 Å². The minimum absolute atomic E-state index is 0.348. The first-order chi connectivity index (χ1) is 9.43. The first-order valence-electron chi connectivity index (χ1n) is 5.98. The molecule has 0 aliphatic carbocycles. The molecule has 2 rings (SSSR count). The Balaban J connectivity index is 2.32. The maximum atomic E-state index is 12.5. The molecule has 3 nitrogen and oxygen atoms in total. The summed E-state index contributed by atoms with van der Waals surface area (Å²) < 4.78 is 37.5. The van der Waals surface area contributed by atoms with E-state index < -0.39 is 11.7 Å². The molecule has 2 N–H and O–H groups in total. The average Bonchev–Trinajstić information content (AvgIpc) is 2.45. The highest BCUT2D eigenvalue weighted by atomic mass is 19.4. The molecule has 0 saturated carbocycles. The number of halogens is 3. The number of anilines is 2. The Kier molecular flexibility index (Phi) is 3.94. The van der Waals surface area contributed by atoms with Crippen LogP contribution in [0.3, 0.4) is 0 Å². The lowest BCUT2D eigenvalue weighted by Crippen LogP contribution is -2.15. The number of nitrogens with zero attached hydrogens (tertiary/aromatic N) is 2. The SMILES string of the molecule is CN(c1ccc(C(F)(F)F)cn1)c1ccccc1CN. The van der Waals surface area contributed by atoms with Crippen LogP contribution in [0.15, 0.2) is 42.6 Å². The Morgan fingerprint density at radius 3 is 2.40 bits per heavy atom. The summed E-state index contributed by atoms with van der Waals surface area (Å²) in [6.07, 6.45) is -3.55. The maximum Gasteiger partial charge on any atom is 0.417 e. The van der Waals surface area contributed by atoms with Crippen molar-refractivity contribution in [1.82, 2.24) is 4.98 Å². The molecule has 0 fully saturated rings. The summed E-state index contributed by atoms with van der Waals surface area (Å²) in [7, 11) is 1.74. The standard InChI is InChI=1S/C14H14F3N3/c1-20(12-5-3-2-4-10(12)8-18)13-7-6-11(9-19-13)14(15,16)17/h2-7,9H,8,18H2,1H3. The van der Waals surface area contributed by atoms with Crippen LogP contribution < -0.4 is 10.6 Å². The average molecular weight is 281 g/mol. The van der Waals surface area contributed by atoms with E-state index in [0.717, 1.165) is 23.5 Å². The van der Waals surface area contributed by atoms with Crippen molar-refractivity contribution in [1.29, 1.82) is 0 Å². The molecular formula is C14H14F3N3. The van der Waals surface area contributed by atoms with Crippen LogP contribution in [0, 0.1) is 0 Å². The molecular weight excluding hydrogens is 267 g/mol. The fourth-order valence-electron chi connectivity index (χ4n) is 1.89. The molecule has 6 heteroatoms. The summed E-state index contributed by atoms with van der Waals surface area (Å²) in [5.41, 5.74) is 6.61. The molecule has 0 amide bonds. The highest BCUT2D eigenvalue weighted by Gasteiger charge is 2.30. The van der Waals surface area contributed by atoms with Gasteiger partial charge in [0.2, 0.25) is 0 Å². The van der Waals surface area contributed by atoms with Crippen molar-refractivity contribution in [2.45, 2.75) is 12.7 Å². The zero-order valence-corrected chi connectivity index (χ0v) is 10.9. The smallest absolute Gasteiger partial charge is 0.329 e. The van der Waals surface area contributed by atoms with E-state index in [0.29, 0.717) is 12.4 Å². The lowest BCUT2D eigenvalue weighted by Gasteiger charge is -2.21. The first kappa shape index (κ1) is 14.3. The van der Waals surface area contributed by atoms with Crippen LogP contribution in [0.2, 0.25) is 0 Å². The maximum absolute atomic E-state index is 12.5. The number of alkyl halides is 3. The summed E-state index contributed by atoms with van der Waals surface area (Å²) in [5, 5.41) is 0. The summed E-state index contributed by atoms with van der Waals surface area (Å²) in [4.78, 5) is 5.57. The zero-order chi connectivity index (χ0) is 14.8. The predicted molar refractivity (Wildman–Crippen MR) is 71.6 cm³/mol. The van der Waals surface area contributed by atoms with Crippen LogP contribution >= 0.6 is 0 Å². The second-order valence-electron chi connectivity index (χ2n) is 4.29. The third kappa shape index (κ3) is 2.91. The van der Waals surface area contributed by atoms with Crippen LogP contribution in [-0.2, 0) is 12.7 Å². The third-order valence-corrected chi connectivity index (χ3v) is 2.99. The number of rotatable bonds is 3. The molecule has 0 aliphatic heterocycles. The second-order valence-corrected chi connectivity index (χ2v) is 4.29. The molecule has 0 saturated heterocycles. The topological polar surface area (TPSA) is 42.2 Å². The van der Waals surface area contributed by atoms with Gasteiger partial charge in [-0.1, -0.05) is 18.2 Å². The Bertz CT molecular complexity index is 579. The summed E-state index contributed by atoms with van der Waals surface area (Å²) >= 11 is 0. The Morgan fingerprint density at radius 1 is 1.15 bits per heavy atom. The van der Waals surface area contributed by atoms with Gasteiger partial charge in [0, 0.05) is 25.5 Å². The zero-order valence-electron chi connectivity index (χ0n) is 10.9. The highest BCUT2D eigenvalue weighted by molar-refractivity contribution is 5.63. The van der Waals surface area contributed by atoms with Gasteiger partial charge in [-0.05, 0) is 23.8 Å². The molecule has 0 bridgehead atoms. The molecule has 0 unspecified atom stereocenters. The summed E-state index contributed by atoms with van der Waals surface area (Å²) in [5.74, 6) is 0.430. The van der Waals surface area contributed by atoms with E-state index in [2.05, 4.69) is 4.98 Å². The van der Waals surface area contributed by atoms with Gasteiger partial charge in [-0.15, -0.1) is 0 Å².